The number of amidine groups is 1. The molecule has 0 bridgehead atoms. The van der Waals surface area contributed by atoms with Crippen LogP contribution in [0.4, 0.5) is 0 Å². The van der Waals surface area contributed by atoms with Crippen LogP contribution in [-0.4, -0.2) is 25.1 Å². The van der Waals surface area contributed by atoms with Crippen LogP contribution < -0.4 is 5.73 Å². The molecule has 3 nitrogen and oxygen atoms in total. The zero-order valence-corrected chi connectivity index (χ0v) is 9.21. The Morgan fingerprint density at radius 1 is 1.38 bits per heavy atom. The second-order valence-corrected chi connectivity index (χ2v) is 3.43. The van der Waals surface area contributed by atoms with Crippen molar-refractivity contribution < 1.29 is 4.74 Å². The molecule has 0 aromatic heterocycles. The predicted molar refractivity (Wildman–Crippen MR) is 57.0 cm³/mol. The fourth-order valence-electron chi connectivity index (χ4n) is 1.13. The Labute approximate surface area is 81.4 Å². The minimum Gasteiger partial charge on any atom is -0.385 e. The summed E-state index contributed by atoms with van der Waals surface area (Å²) >= 11 is 0. The standard InChI is InChI=1S/C10H22N2O/c1-5-7-12-10(11)9(8(3)4)13-6-2/h8-9H,5-7H2,1-4H3,(H2,11,12). The molecule has 0 fully saturated rings. The van der Waals surface area contributed by atoms with E-state index in [9.17, 15) is 0 Å². The van der Waals surface area contributed by atoms with Crippen LogP contribution in [0.2, 0.25) is 0 Å². The average Bonchev–Trinajstić information content (AvgIpc) is 2.09. The van der Waals surface area contributed by atoms with Crippen molar-refractivity contribution in [1.82, 2.24) is 0 Å². The number of nitrogens with zero attached hydrogens (tertiary/aromatic N) is 1. The minimum absolute atomic E-state index is 0.0171. The van der Waals surface area contributed by atoms with Crippen molar-refractivity contribution >= 4 is 5.84 Å². The van der Waals surface area contributed by atoms with Crippen molar-refractivity contribution in [1.29, 1.82) is 0 Å². The van der Waals surface area contributed by atoms with Crippen molar-refractivity contribution in [2.45, 2.75) is 40.2 Å². The maximum atomic E-state index is 5.82. The molecular formula is C10H22N2O. The van der Waals surface area contributed by atoms with Crippen LogP contribution in [0.25, 0.3) is 0 Å². The molecule has 0 aromatic carbocycles. The van der Waals surface area contributed by atoms with E-state index < -0.39 is 0 Å². The van der Waals surface area contributed by atoms with Crippen molar-refractivity contribution in [3.8, 4) is 0 Å². The topological polar surface area (TPSA) is 47.6 Å². The Morgan fingerprint density at radius 2 is 2.00 bits per heavy atom. The zero-order chi connectivity index (χ0) is 10.3. The van der Waals surface area contributed by atoms with E-state index in [1.54, 1.807) is 0 Å². The molecule has 3 heteroatoms. The van der Waals surface area contributed by atoms with Gasteiger partial charge in [-0.2, -0.15) is 0 Å². The smallest absolute Gasteiger partial charge is 0.123 e. The maximum absolute atomic E-state index is 5.82. The highest BCUT2D eigenvalue weighted by Gasteiger charge is 2.16. The van der Waals surface area contributed by atoms with Crippen LogP contribution in [0.5, 0.6) is 0 Å². The van der Waals surface area contributed by atoms with Gasteiger partial charge in [-0.3, -0.25) is 4.99 Å². The fraction of sp³-hybridized carbons (Fsp3) is 0.900. The first kappa shape index (κ1) is 12.4. The quantitative estimate of drug-likeness (QED) is 0.508. The van der Waals surface area contributed by atoms with E-state index in [0.717, 1.165) is 13.0 Å². The van der Waals surface area contributed by atoms with Gasteiger partial charge >= 0.3 is 0 Å². The van der Waals surface area contributed by atoms with Crippen molar-refractivity contribution in [3.05, 3.63) is 0 Å². The lowest BCUT2D eigenvalue weighted by atomic mass is 10.1. The third-order valence-electron chi connectivity index (χ3n) is 1.76. The monoisotopic (exact) mass is 186 g/mol. The summed E-state index contributed by atoms with van der Waals surface area (Å²) < 4.78 is 5.51. The highest BCUT2D eigenvalue weighted by atomic mass is 16.5. The molecule has 0 radical (unpaired) electrons. The Balaban J connectivity index is 4.18. The van der Waals surface area contributed by atoms with Crippen LogP contribution in [0.15, 0.2) is 4.99 Å². The van der Waals surface area contributed by atoms with Crippen molar-refractivity contribution in [2.24, 2.45) is 16.6 Å². The van der Waals surface area contributed by atoms with E-state index in [2.05, 4.69) is 25.8 Å². The molecule has 1 atom stereocenters. The largest absolute Gasteiger partial charge is 0.385 e. The molecule has 0 amide bonds. The molecule has 2 N–H and O–H groups in total. The summed E-state index contributed by atoms with van der Waals surface area (Å²) in [5.74, 6) is 1.03. The number of hydrogen-bond donors (Lipinski definition) is 1. The summed E-state index contributed by atoms with van der Waals surface area (Å²) in [4.78, 5) is 4.25. The second-order valence-electron chi connectivity index (χ2n) is 3.43. The van der Waals surface area contributed by atoms with E-state index in [0.29, 0.717) is 18.4 Å². The van der Waals surface area contributed by atoms with E-state index in [1.807, 2.05) is 6.92 Å². The van der Waals surface area contributed by atoms with Crippen LogP contribution in [-0.2, 0) is 4.74 Å². The van der Waals surface area contributed by atoms with Crippen LogP contribution in [0.3, 0.4) is 0 Å². The van der Waals surface area contributed by atoms with Gasteiger partial charge in [-0.15, -0.1) is 0 Å². The van der Waals surface area contributed by atoms with Gasteiger partial charge in [0.1, 0.15) is 11.9 Å². The third-order valence-corrected chi connectivity index (χ3v) is 1.76. The average molecular weight is 186 g/mol. The SMILES string of the molecule is CCCN=C(N)C(OCC)C(C)C. The number of ether oxygens (including phenoxy) is 1. The van der Waals surface area contributed by atoms with E-state index in [1.165, 1.54) is 0 Å². The molecule has 0 heterocycles. The molecule has 13 heavy (non-hydrogen) atoms. The van der Waals surface area contributed by atoms with Gasteiger partial charge in [0, 0.05) is 13.2 Å². The van der Waals surface area contributed by atoms with E-state index in [-0.39, 0.29) is 6.10 Å². The lowest BCUT2D eigenvalue weighted by Gasteiger charge is -2.20. The zero-order valence-electron chi connectivity index (χ0n) is 9.21. The fourth-order valence-corrected chi connectivity index (χ4v) is 1.13. The molecule has 0 aliphatic carbocycles. The Hall–Kier alpha value is -0.570. The maximum Gasteiger partial charge on any atom is 0.123 e. The number of aliphatic imine (C=N–C) groups is 1. The second kappa shape index (κ2) is 6.89. The Morgan fingerprint density at radius 3 is 2.38 bits per heavy atom. The molecule has 0 aliphatic rings. The molecular weight excluding hydrogens is 164 g/mol. The van der Waals surface area contributed by atoms with Crippen LogP contribution in [0, 0.1) is 5.92 Å². The van der Waals surface area contributed by atoms with Gasteiger partial charge in [0.15, 0.2) is 0 Å². The number of nitrogens with two attached hydrogens (primary N) is 1. The minimum atomic E-state index is -0.0171. The predicted octanol–water partition coefficient (Wildman–Crippen LogP) is 1.81. The van der Waals surface area contributed by atoms with Gasteiger partial charge in [0.05, 0.1) is 0 Å². The summed E-state index contributed by atoms with van der Waals surface area (Å²) in [6.45, 7) is 9.72. The summed E-state index contributed by atoms with van der Waals surface area (Å²) in [6, 6.07) is 0. The molecule has 78 valence electrons. The molecule has 0 saturated carbocycles. The lowest BCUT2D eigenvalue weighted by molar-refractivity contribution is 0.0773. The first-order valence-electron chi connectivity index (χ1n) is 5.04. The molecule has 0 saturated heterocycles. The third kappa shape index (κ3) is 4.88. The summed E-state index contributed by atoms with van der Waals surface area (Å²) in [5.41, 5.74) is 5.82. The molecule has 0 rings (SSSR count). The van der Waals surface area contributed by atoms with E-state index in [4.69, 9.17) is 10.5 Å². The van der Waals surface area contributed by atoms with Crippen molar-refractivity contribution in [2.75, 3.05) is 13.2 Å². The normalized spacial score (nSPS) is 15.0. The Bertz CT molecular complexity index is 155. The van der Waals surface area contributed by atoms with Crippen LogP contribution >= 0.6 is 0 Å². The molecule has 0 aromatic rings. The van der Waals surface area contributed by atoms with Gasteiger partial charge in [-0.1, -0.05) is 20.8 Å². The first-order chi connectivity index (χ1) is 6.13. The molecule has 0 aliphatic heterocycles. The highest BCUT2D eigenvalue weighted by Crippen LogP contribution is 2.06. The van der Waals surface area contributed by atoms with Gasteiger partial charge in [0.25, 0.3) is 0 Å². The van der Waals surface area contributed by atoms with Gasteiger partial charge < -0.3 is 10.5 Å². The molecule has 1 unspecified atom stereocenters. The number of rotatable bonds is 6. The summed E-state index contributed by atoms with van der Waals surface area (Å²) in [5, 5.41) is 0. The lowest BCUT2D eigenvalue weighted by Crippen LogP contribution is -2.36. The highest BCUT2D eigenvalue weighted by molar-refractivity contribution is 5.85. The van der Waals surface area contributed by atoms with Gasteiger partial charge in [-0.05, 0) is 19.3 Å². The summed E-state index contributed by atoms with van der Waals surface area (Å²) in [6.07, 6.45) is 1.01. The Kier molecular flexibility index (Phi) is 6.59. The van der Waals surface area contributed by atoms with Crippen molar-refractivity contribution in [3.63, 3.8) is 0 Å². The van der Waals surface area contributed by atoms with Gasteiger partial charge in [-0.25, -0.2) is 0 Å². The first-order valence-corrected chi connectivity index (χ1v) is 5.04. The number of hydrogen-bond acceptors (Lipinski definition) is 2. The molecule has 0 spiro atoms. The summed E-state index contributed by atoms with van der Waals surface area (Å²) in [7, 11) is 0. The van der Waals surface area contributed by atoms with Crippen LogP contribution in [0.1, 0.15) is 34.1 Å². The van der Waals surface area contributed by atoms with E-state index >= 15 is 0 Å². The van der Waals surface area contributed by atoms with Gasteiger partial charge in [0.2, 0.25) is 0 Å².